The minimum absolute atomic E-state index is 0.109. The second kappa shape index (κ2) is 5.94. The fourth-order valence-corrected chi connectivity index (χ4v) is 1.35. The SMILES string of the molecule is CCOC(=O)c1nnc(OCC(F)(F)C(F)F)s1. The van der Waals surface area contributed by atoms with Gasteiger partial charge in [0.15, 0.2) is 6.61 Å². The van der Waals surface area contributed by atoms with Crippen molar-refractivity contribution in [1.82, 2.24) is 10.2 Å². The van der Waals surface area contributed by atoms with E-state index in [4.69, 9.17) is 0 Å². The molecule has 18 heavy (non-hydrogen) atoms. The van der Waals surface area contributed by atoms with Crippen molar-refractivity contribution in [1.29, 1.82) is 0 Å². The molecule has 0 N–H and O–H groups in total. The number of carbonyl (C=O) groups excluding carboxylic acids is 1. The number of hydrogen-bond acceptors (Lipinski definition) is 6. The lowest BCUT2D eigenvalue weighted by Crippen LogP contribution is -2.33. The standard InChI is InChI=1S/C8H8F4N2O3S/c1-2-16-5(15)4-13-14-7(18-4)17-3-8(11,12)6(9)10/h6H,2-3H2,1H3. The van der Waals surface area contributed by atoms with E-state index in [9.17, 15) is 22.4 Å². The van der Waals surface area contributed by atoms with Crippen LogP contribution in [0.1, 0.15) is 16.7 Å². The van der Waals surface area contributed by atoms with Gasteiger partial charge in [-0.2, -0.15) is 8.78 Å². The van der Waals surface area contributed by atoms with E-state index < -0.39 is 30.1 Å². The number of nitrogens with zero attached hydrogens (tertiary/aromatic N) is 2. The van der Waals surface area contributed by atoms with Crippen molar-refractivity contribution in [3.8, 4) is 5.19 Å². The van der Waals surface area contributed by atoms with Crippen LogP contribution in [0.2, 0.25) is 0 Å². The fourth-order valence-electron chi connectivity index (χ4n) is 0.764. The highest BCUT2D eigenvalue weighted by molar-refractivity contribution is 7.14. The molecule has 0 amide bonds. The van der Waals surface area contributed by atoms with Crippen LogP contribution in [0.4, 0.5) is 17.6 Å². The van der Waals surface area contributed by atoms with Gasteiger partial charge in [-0.1, -0.05) is 5.10 Å². The predicted octanol–water partition coefficient (Wildman–Crippen LogP) is 1.99. The average molecular weight is 288 g/mol. The summed E-state index contributed by atoms with van der Waals surface area (Å²) in [6.45, 7) is 0.139. The molecular formula is C8H8F4N2O3S. The molecule has 1 heterocycles. The zero-order valence-electron chi connectivity index (χ0n) is 9.03. The molecule has 5 nitrogen and oxygen atoms in total. The van der Waals surface area contributed by atoms with Crippen LogP contribution in [0.5, 0.6) is 5.19 Å². The van der Waals surface area contributed by atoms with Gasteiger partial charge in [-0.05, 0) is 18.3 Å². The molecule has 0 spiro atoms. The molecule has 0 aliphatic rings. The molecule has 0 atom stereocenters. The van der Waals surface area contributed by atoms with Gasteiger partial charge >= 0.3 is 18.3 Å². The number of hydrogen-bond donors (Lipinski definition) is 0. The van der Waals surface area contributed by atoms with Gasteiger partial charge in [0.2, 0.25) is 5.01 Å². The topological polar surface area (TPSA) is 61.3 Å². The molecule has 1 aromatic rings. The third-order valence-corrected chi connectivity index (χ3v) is 2.38. The van der Waals surface area contributed by atoms with Crippen LogP contribution in [-0.2, 0) is 4.74 Å². The van der Waals surface area contributed by atoms with Gasteiger partial charge in [-0.3, -0.25) is 0 Å². The lowest BCUT2D eigenvalue weighted by molar-refractivity contribution is -0.148. The molecule has 1 aromatic heterocycles. The summed E-state index contributed by atoms with van der Waals surface area (Å²) in [5, 5.41) is 5.96. The Bertz CT molecular complexity index is 413. The van der Waals surface area contributed by atoms with E-state index in [0.29, 0.717) is 11.3 Å². The Balaban J connectivity index is 2.57. The molecule has 0 aromatic carbocycles. The number of carbonyl (C=O) groups is 1. The van der Waals surface area contributed by atoms with E-state index >= 15 is 0 Å². The van der Waals surface area contributed by atoms with Crippen molar-refractivity contribution in [2.75, 3.05) is 13.2 Å². The maximum absolute atomic E-state index is 12.5. The zero-order valence-corrected chi connectivity index (χ0v) is 9.85. The minimum Gasteiger partial charge on any atom is -0.462 e. The van der Waals surface area contributed by atoms with Crippen LogP contribution < -0.4 is 4.74 Å². The number of aromatic nitrogens is 2. The first-order valence-electron chi connectivity index (χ1n) is 4.66. The van der Waals surface area contributed by atoms with Crippen molar-refractivity contribution in [3.05, 3.63) is 5.01 Å². The Hall–Kier alpha value is -1.45. The van der Waals surface area contributed by atoms with Crippen LogP contribution in [0.15, 0.2) is 0 Å². The molecule has 0 aliphatic carbocycles. The van der Waals surface area contributed by atoms with Crippen LogP contribution in [0.25, 0.3) is 0 Å². The summed E-state index contributed by atoms with van der Waals surface area (Å²) in [7, 11) is 0. The predicted molar refractivity (Wildman–Crippen MR) is 52.3 cm³/mol. The molecule has 102 valence electrons. The van der Waals surface area contributed by atoms with Crippen molar-refractivity contribution in [2.24, 2.45) is 0 Å². The largest absolute Gasteiger partial charge is 0.462 e. The van der Waals surface area contributed by atoms with Gasteiger partial charge in [-0.25, -0.2) is 13.6 Å². The first kappa shape index (κ1) is 14.6. The summed E-state index contributed by atoms with van der Waals surface area (Å²) in [6, 6.07) is 0. The molecule has 0 fully saturated rings. The lowest BCUT2D eigenvalue weighted by Gasteiger charge is -2.13. The van der Waals surface area contributed by atoms with Crippen molar-refractivity contribution >= 4 is 17.3 Å². The number of rotatable bonds is 6. The van der Waals surface area contributed by atoms with Crippen molar-refractivity contribution < 1.29 is 31.8 Å². The fraction of sp³-hybridized carbons (Fsp3) is 0.625. The Morgan fingerprint density at radius 1 is 1.44 bits per heavy atom. The number of esters is 1. The Morgan fingerprint density at radius 2 is 2.11 bits per heavy atom. The number of ether oxygens (including phenoxy) is 2. The highest BCUT2D eigenvalue weighted by Crippen LogP contribution is 2.25. The summed E-state index contributed by atoms with van der Waals surface area (Å²) in [4.78, 5) is 11.1. The van der Waals surface area contributed by atoms with Gasteiger partial charge < -0.3 is 9.47 Å². The summed E-state index contributed by atoms with van der Waals surface area (Å²) in [6.07, 6.45) is -3.84. The quantitative estimate of drug-likeness (QED) is 0.592. The van der Waals surface area contributed by atoms with Gasteiger partial charge in [-0.15, -0.1) is 5.10 Å². The first-order chi connectivity index (χ1) is 8.36. The van der Waals surface area contributed by atoms with E-state index in [-0.39, 0.29) is 11.6 Å². The Morgan fingerprint density at radius 3 is 2.67 bits per heavy atom. The molecule has 0 saturated heterocycles. The summed E-state index contributed by atoms with van der Waals surface area (Å²) in [5.74, 6) is -5.07. The normalized spacial score (nSPS) is 11.7. The average Bonchev–Trinajstić information content (AvgIpc) is 2.75. The smallest absolute Gasteiger partial charge is 0.369 e. The molecule has 1 rings (SSSR count). The first-order valence-corrected chi connectivity index (χ1v) is 5.48. The highest BCUT2D eigenvalue weighted by atomic mass is 32.1. The van der Waals surface area contributed by atoms with E-state index in [1.54, 1.807) is 6.92 Å². The third kappa shape index (κ3) is 3.79. The maximum atomic E-state index is 12.5. The Labute approximate surface area is 103 Å². The van der Waals surface area contributed by atoms with Crippen LogP contribution >= 0.6 is 11.3 Å². The van der Waals surface area contributed by atoms with Gasteiger partial charge in [0.25, 0.3) is 5.19 Å². The summed E-state index contributed by atoms with van der Waals surface area (Å²) < 4.78 is 57.6. The number of halogens is 4. The highest BCUT2D eigenvalue weighted by Gasteiger charge is 2.42. The monoisotopic (exact) mass is 288 g/mol. The Kier molecular flexibility index (Phi) is 4.82. The second-order valence-electron chi connectivity index (χ2n) is 2.94. The van der Waals surface area contributed by atoms with Crippen LogP contribution in [-0.4, -0.2) is 41.7 Å². The summed E-state index contributed by atoms with van der Waals surface area (Å²) >= 11 is 0.536. The third-order valence-electron chi connectivity index (χ3n) is 1.56. The molecular weight excluding hydrogens is 280 g/mol. The van der Waals surface area contributed by atoms with Gasteiger partial charge in [0.05, 0.1) is 6.61 Å². The molecule has 0 saturated carbocycles. The van der Waals surface area contributed by atoms with E-state index in [1.807, 2.05) is 0 Å². The van der Waals surface area contributed by atoms with Gasteiger partial charge in [0.1, 0.15) is 0 Å². The summed E-state index contributed by atoms with van der Waals surface area (Å²) in [5.41, 5.74) is 0. The van der Waals surface area contributed by atoms with Gasteiger partial charge in [0, 0.05) is 0 Å². The maximum Gasteiger partial charge on any atom is 0.369 e. The lowest BCUT2D eigenvalue weighted by atomic mass is 10.4. The zero-order chi connectivity index (χ0) is 13.8. The molecule has 0 radical (unpaired) electrons. The van der Waals surface area contributed by atoms with E-state index in [1.165, 1.54) is 0 Å². The van der Waals surface area contributed by atoms with Crippen molar-refractivity contribution in [3.63, 3.8) is 0 Å². The molecule has 0 bridgehead atoms. The van der Waals surface area contributed by atoms with E-state index in [0.717, 1.165) is 0 Å². The number of alkyl halides is 4. The van der Waals surface area contributed by atoms with E-state index in [2.05, 4.69) is 19.7 Å². The second-order valence-corrected chi connectivity index (χ2v) is 3.88. The minimum atomic E-state index is -4.28. The van der Waals surface area contributed by atoms with Crippen molar-refractivity contribution in [2.45, 2.75) is 19.3 Å². The molecule has 0 aliphatic heterocycles. The van der Waals surface area contributed by atoms with Crippen LogP contribution in [0.3, 0.4) is 0 Å². The molecule has 10 heteroatoms. The van der Waals surface area contributed by atoms with Crippen LogP contribution in [0, 0.1) is 0 Å². The molecule has 0 unspecified atom stereocenters.